The summed E-state index contributed by atoms with van der Waals surface area (Å²) in [5.41, 5.74) is 5.08. The minimum atomic E-state index is -0.315. The van der Waals surface area contributed by atoms with Gasteiger partial charge in [-0.3, -0.25) is 9.59 Å². The van der Waals surface area contributed by atoms with Gasteiger partial charge in [-0.05, 0) is 25.2 Å². The Kier molecular flexibility index (Phi) is 5.97. The number of ether oxygens (including phenoxy) is 1. The van der Waals surface area contributed by atoms with Gasteiger partial charge in [-0.25, -0.2) is 0 Å². The molecule has 0 aromatic heterocycles. The fraction of sp³-hybridized carbons (Fsp3) is 0.750. The summed E-state index contributed by atoms with van der Waals surface area (Å²) in [6, 6.07) is 0. The lowest BCUT2D eigenvalue weighted by atomic mass is 9.99. The molecule has 5 nitrogen and oxygen atoms in total. The standard InChI is InChI=1S/C12H21N2O3/c1-9(8-11(13)15)2-5-14-12(16)10-3-6-17-7-4-10/h2,9-10H,3-8H2,1H3,(H2,13,15)(H,14,16)/t9-/m0/s1. The maximum absolute atomic E-state index is 11.7. The number of amides is 2. The van der Waals surface area contributed by atoms with Crippen LogP contribution < -0.4 is 11.1 Å². The highest BCUT2D eigenvalue weighted by Crippen LogP contribution is 2.14. The number of carbonyl (C=O) groups excluding carboxylic acids is 2. The van der Waals surface area contributed by atoms with E-state index in [4.69, 9.17) is 10.5 Å². The zero-order chi connectivity index (χ0) is 12.7. The Morgan fingerprint density at radius 3 is 2.71 bits per heavy atom. The maximum atomic E-state index is 11.7. The summed E-state index contributed by atoms with van der Waals surface area (Å²) in [7, 11) is 0. The molecule has 0 aromatic rings. The molecule has 1 heterocycles. The van der Waals surface area contributed by atoms with E-state index in [0.29, 0.717) is 26.2 Å². The number of nitrogens with one attached hydrogen (secondary N) is 1. The van der Waals surface area contributed by atoms with Gasteiger partial charge in [-0.15, -0.1) is 0 Å². The first-order chi connectivity index (χ1) is 8.09. The van der Waals surface area contributed by atoms with E-state index in [9.17, 15) is 9.59 Å². The third kappa shape index (κ3) is 5.68. The van der Waals surface area contributed by atoms with Crippen LogP contribution in [0.1, 0.15) is 26.2 Å². The highest BCUT2D eigenvalue weighted by Gasteiger charge is 2.21. The van der Waals surface area contributed by atoms with Crippen molar-refractivity contribution in [3.8, 4) is 0 Å². The zero-order valence-electron chi connectivity index (χ0n) is 10.3. The second kappa shape index (κ2) is 7.27. The number of rotatable bonds is 6. The summed E-state index contributed by atoms with van der Waals surface area (Å²) in [5.74, 6) is -0.0635. The quantitative estimate of drug-likeness (QED) is 0.699. The van der Waals surface area contributed by atoms with Crippen molar-refractivity contribution in [1.29, 1.82) is 0 Å². The van der Waals surface area contributed by atoms with Crippen molar-refractivity contribution in [3.05, 3.63) is 6.42 Å². The average molecular weight is 241 g/mol. The maximum Gasteiger partial charge on any atom is 0.223 e. The SMILES string of the molecule is C[C@@H]([CH]CNC(=O)C1CCOCC1)CC(N)=O. The van der Waals surface area contributed by atoms with Crippen LogP contribution in [-0.2, 0) is 14.3 Å². The van der Waals surface area contributed by atoms with Crippen LogP contribution in [-0.4, -0.2) is 31.6 Å². The Labute approximate surface area is 102 Å². The lowest BCUT2D eigenvalue weighted by molar-refractivity contribution is -0.127. The molecule has 1 radical (unpaired) electrons. The van der Waals surface area contributed by atoms with Gasteiger partial charge in [0.05, 0.1) is 0 Å². The first-order valence-electron chi connectivity index (χ1n) is 6.06. The first-order valence-corrected chi connectivity index (χ1v) is 6.06. The van der Waals surface area contributed by atoms with E-state index in [0.717, 1.165) is 12.8 Å². The molecule has 1 atom stereocenters. The molecule has 1 aliphatic heterocycles. The van der Waals surface area contributed by atoms with Crippen molar-refractivity contribution in [2.45, 2.75) is 26.2 Å². The third-order valence-electron chi connectivity index (χ3n) is 2.91. The molecule has 3 N–H and O–H groups in total. The fourth-order valence-electron chi connectivity index (χ4n) is 1.87. The van der Waals surface area contributed by atoms with E-state index in [2.05, 4.69) is 5.32 Å². The molecule has 0 aromatic carbocycles. The normalized spacial score (nSPS) is 18.6. The molecule has 97 valence electrons. The summed E-state index contributed by atoms with van der Waals surface area (Å²) in [5, 5.41) is 2.85. The van der Waals surface area contributed by atoms with Crippen LogP contribution in [0.3, 0.4) is 0 Å². The predicted molar refractivity (Wildman–Crippen MR) is 63.8 cm³/mol. The third-order valence-corrected chi connectivity index (χ3v) is 2.91. The van der Waals surface area contributed by atoms with Gasteiger partial charge >= 0.3 is 0 Å². The van der Waals surface area contributed by atoms with Gasteiger partial charge in [0.2, 0.25) is 11.8 Å². The van der Waals surface area contributed by atoms with Gasteiger partial charge < -0.3 is 15.8 Å². The molecule has 0 bridgehead atoms. The van der Waals surface area contributed by atoms with Crippen molar-refractivity contribution in [3.63, 3.8) is 0 Å². The number of primary amides is 1. The van der Waals surface area contributed by atoms with Gasteiger partial charge in [0.1, 0.15) is 0 Å². The highest BCUT2D eigenvalue weighted by atomic mass is 16.5. The number of hydrogen-bond acceptors (Lipinski definition) is 3. The Balaban J connectivity index is 2.12. The smallest absolute Gasteiger partial charge is 0.223 e. The van der Waals surface area contributed by atoms with Crippen LogP contribution in [0.4, 0.5) is 0 Å². The molecule has 1 rings (SSSR count). The van der Waals surface area contributed by atoms with E-state index >= 15 is 0 Å². The van der Waals surface area contributed by atoms with Crippen LogP contribution in [0.15, 0.2) is 0 Å². The minimum Gasteiger partial charge on any atom is -0.381 e. The van der Waals surface area contributed by atoms with Gasteiger partial charge in [0.15, 0.2) is 0 Å². The topological polar surface area (TPSA) is 81.4 Å². The van der Waals surface area contributed by atoms with Gasteiger partial charge in [0, 0.05) is 32.1 Å². The van der Waals surface area contributed by atoms with E-state index < -0.39 is 0 Å². The van der Waals surface area contributed by atoms with Crippen molar-refractivity contribution in [2.75, 3.05) is 19.8 Å². The van der Waals surface area contributed by atoms with Crippen LogP contribution in [0.25, 0.3) is 0 Å². The highest BCUT2D eigenvalue weighted by molar-refractivity contribution is 5.78. The van der Waals surface area contributed by atoms with Crippen molar-refractivity contribution in [2.24, 2.45) is 17.6 Å². The molecule has 1 fully saturated rings. The van der Waals surface area contributed by atoms with Gasteiger partial charge in [-0.1, -0.05) is 6.92 Å². The van der Waals surface area contributed by atoms with E-state index in [1.54, 1.807) is 0 Å². The van der Waals surface area contributed by atoms with Crippen LogP contribution in [0, 0.1) is 18.3 Å². The zero-order valence-corrected chi connectivity index (χ0v) is 10.3. The van der Waals surface area contributed by atoms with Crippen LogP contribution in [0.5, 0.6) is 0 Å². The summed E-state index contributed by atoms with van der Waals surface area (Å²) >= 11 is 0. The second-order valence-electron chi connectivity index (χ2n) is 4.52. The van der Waals surface area contributed by atoms with E-state index in [1.165, 1.54) is 0 Å². The fourth-order valence-corrected chi connectivity index (χ4v) is 1.87. The Hall–Kier alpha value is -1.10. The molecule has 2 amide bonds. The largest absolute Gasteiger partial charge is 0.381 e. The molecule has 17 heavy (non-hydrogen) atoms. The molecule has 1 saturated heterocycles. The van der Waals surface area contributed by atoms with Crippen molar-refractivity contribution in [1.82, 2.24) is 5.32 Å². The molecule has 5 heteroatoms. The summed E-state index contributed by atoms with van der Waals surface area (Å²) in [6.45, 7) is 3.73. The first kappa shape index (κ1) is 14.0. The van der Waals surface area contributed by atoms with Crippen LogP contribution >= 0.6 is 0 Å². The lowest BCUT2D eigenvalue weighted by Crippen LogP contribution is -2.35. The van der Waals surface area contributed by atoms with Crippen molar-refractivity contribution < 1.29 is 14.3 Å². The monoisotopic (exact) mass is 241 g/mol. The summed E-state index contributed by atoms with van der Waals surface area (Å²) < 4.78 is 5.20. The van der Waals surface area contributed by atoms with Crippen LogP contribution in [0.2, 0.25) is 0 Å². The molecule has 0 aliphatic carbocycles. The second-order valence-corrected chi connectivity index (χ2v) is 4.52. The number of carbonyl (C=O) groups is 2. The lowest BCUT2D eigenvalue weighted by Gasteiger charge is -2.21. The number of hydrogen-bond donors (Lipinski definition) is 2. The number of nitrogens with two attached hydrogens (primary N) is 1. The summed E-state index contributed by atoms with van der Waals surface area (Å²) in [4.78, 5) is 22.4. The molecular weight excluding hydrogens is 220 g/mol. The Morgan fingerprint density at radius 1 is 1.47 bits per heavy atom. The van der Waals surface area contributed by atoms with E-state index in [1.807, 2.05) is 13.3 Å². The molecule has 0 saturated carbocycles. The Bertz CT molecular complexity index is 262. The minimum absolute atomic E-state index is 0.0728. The molecule has 0 spiro atoms. The molecule has 0 unspecified atom stereocenters. The van der Waals surface area contributed by atoms with Crippen molar-refractivity contribution >= 4 is 11.8 Å². The predicted octanol–water partition coefficient (Wildman–Crippen LogP) is 0.245. The molecular formula is C12H21N2O3. The van der Waals surface area contributed by atoms with Gasteiger partial charge in [0.25, 0.3) is 0 Å². The van der Waals surface area contributed by atoms with E-state index in [-0.39, 0.29) is 23.7 Å². The average Bonchev–Trinajstić information content (AvgIpc) is 2.29. The van der Waals surface area contributed by atoms with Gasteiger partial charge in [-0.2, -0.15) is 0 Å². The summed E-state index contributed by atoms with van der Waals surface area (Å²) in [6.07, 6.45) is 3.82. The Morgan fingerprint density at radius 2 is 2.12 bits per heavy atom. The molecule has 1 aliphatic rings.